The number of hydrogen-bond acceptors (Lipinski definition) is 10. The number of allylic oxidation sites excluding steroid dienone is 5. The minimum atomic E-state index is -2.87. The van der Waals surface area contributed by atoms with Crippen LogP contribution >= 0.6 is 11.7 Å². The molecule has 1 saturated heterocycles. The lowest BCUT2D eigenvalue weighted by Gasteiger charge is -2.72. The fourth-order valence-corrected chi connectivity index (χ4v) is 16.9. The smallest absolute Gasteiger partial charge is 0.315 e. The minimum absolute atomic E-state index is 0.0330. The number of aromatic nitrogens is 2. The fourth-order valence-electron chi connectivity index (χ4n) is 15.3. The van der Waals surface area contributed by atoms with E-state index in [-0.39, 0.29) is 39.8 Å². The number of nitrogens with one attached hydrogen (secondary N) is 1. The molecule has 4 unspecified atom stereocenters. The number of nitrogens with zero attached hydrogens (tertiary/aromatic N) is 3. The molecule has 1 aliphatic heterocycles. The van der Waals surface area contributed by atoms with E-state index < -0.39 is 15.3 Å². The third kappa shape index (κ3) is 6.90. The van der Waals surface area contributed by atoms with Crippen LogP contribution in [-0.2, 0) is 19.4 Å². The van der Waals surface area contributed by atoms with Gasteiger partial charge in [0.25, 0.3) is 0 Å². The van der Waals surface area contributed by atoms with Gasteiger partial charge in [-0.15, -0.1) is 4.37 Å². The topological polar surface area (TPSA) is 111 Å². The van der Waals surface area contributed by atoms with Crippen LogP contribution in [0.4, 0.5) is 0 Å². The first-order valence-corrected chi connectivity index (χ1v) is 25.3. The van der Waals surface area contributed by atoms with E-state index >= 15 is 0 Å². The van der Waals surface area contributed by atoms with Crippen LogP contribution in [0, 0.1) is 56.7 Å². The van der Waals surface area contributed by atoms with E-state index in [2.05, 4.69) is 79.2 Å². The molecule has 0 spiro atoms. The molecular weight excluding hydrogens is 765 g/mol. The van der Waals surface area contributed by atoms with E-state index in [9.17, 15) is 13.2 Å². The van der Waals surface area contributed by atoms with Crippen LogP contribution in [0.25, 0.3) is 0 Å². The van der Waals surface area contributed by atoms with Crippen molar-refractivity contribution in [2.45, 2.75) is 131 Å². The van der Waals surface area contributed by atoms with Crippen molar-refractivity contribution >= 4 is 27.5 Å². The van der Waals surface area contributed by atoms with Crippen molar-refractivity contribution in [2.75, 3.05) is 50.9 Å². The Balaban J connectivity index is 1.02. The monoisotopic (exact) mass is 836 g/mol. The highest BCUT2D eigenvalue weighted by molar-refractivity contribution is 7.91. The van der Waals surface area contributed by atoms with Gasteiger partial charge in [0.15, 0.2) is 9.84 Å². The van der Waals surface area contributed by atoms with E-state index in [4.69, 9.17) is 9.47 Å². The van der Waals surface area contributed by atoms with Crippen LogP contribution in [-0.4, -0.2) is 84.5 Å². The van der Waals surface area contributed by atoms with Gasteiger partial charge in [0, 0.05) is 31.7 Å². The number of ether oxygens (including phenoxy) is 2. The number of carbonyl (C=O) groups is 1. The quantitative estimate of drug-likeness (QED) is 0.173. The second-order valence-corrected chi connectivity index (χ2v) is 24.1. The average Bonchev–Trinajstić information content (AvgIpc) is 3.84. The van der Waals surface area contributed by atoms with Gasteiger partial charge in [0.05, 0.1) is 29.8 Å². The maximum Gasteiger partial charge on any atom is 0.315 e. The van der Waals surface area contributed by atoms with Crippen LogP contribution < -0.4 is 10.1 Å². The standard InChI is InChI=1S/C47H72N4O5S2/c1-9-55-41(52)46(31-56-39-30-49-57-50-39)19-12-33(13-20-46)35-15-17-43(6)37(42(35,4)5)16-18-45(8)38(43)11-10-36-40-34(32(2)3)14-21-47(40,23-22-44(36,45)7)48-24-25-51-26-28-58(53,54)29-27-51/h12,15,30,34,36-38,40,48H,2,9-11,13-14,16-29,31H2,1,3-8H3/t34-,36-,37?,38?,40?,43-,44+,45+,46?,47-/m0/s1. The van der Waals surface area contributed by atoms with Crippen molar-refractivity contribution in [3.8, 4) is 5.88 Å². The van der Waals surface area contributed by atoms with Gasteiger partial charge in [-0.2, -0.15) is 4.37 Å². The van der Waals surface area contributed by atoms with Crippen molar-refractivity contribution in [1.82, 2.24) is 19.0 Å². The van der Waals surface area contributed by atoms with Crippen LogP contribution in [0.3, 0.4) is 0 Å². The number of sulfone groups is 1. The largest absolute Gasteiger partial charge is 0.475 e. The summed E-state index contributed by atoms with van der Waals surface area (Å²) < 4.78 is 44.1. The molecule has 1 N–H and O–H groups in total. The third-order valence-electron chi connectivity index (χ3n) is 18.5. The lowest BCUT2D eigenvalue weighted by atomic mass is 9.33. The average molecular weight is 837 g/mol. The van der Waals surface area contributed by atoms with Crippen LogP contribution in [0.5, 0.6) is 5.88 Å². The van der Waals surface area contributed by atoms with Gasteiger partial charge < -0.3 is 19.7 Å². The molecule has 0 aromatic carbocycles. The summed E-state index contributed by atoms with van der Waals surface area (Å²) in [7, 11) is -2.87. The van der Waals surface area contributed by atoms with Gasteiger partial charge in [-0.25, -0.2) is 8.42 Å². The Kier molecular flexibility index (Phi) is 11.3. The van der Waals surface area contributed by atoms with E-state index in [0.717, 1.165) is 37.7 Å². The summed E-state index contributed by atoms with van der Waals surface area (Å²) in [6, 6.07) is 0. The third-order valence-corrected chi connectivity index (χ3v) is 20.6. The van der Waals surface area contributed by atoms with Crippen LogP contribution in [0.15, 0.2) is 41.6 Å². The van der Waals surface area contributed by atoms with Crippen molar-refractivity contribution in [2.24, 2.45) is 56.7 Å². The Labute approximate surface area is 353 Å². The number of esters is 1. The Bertz CT molecular complexity index is 1900. The second kappa shape index (κ2) is 15.4. The zero-order valence-corrected chi connectivity index (χ0v) is 38.3. The van der Waals surface area contributed by atoms with E-state index in [1.165, 1.54) is 68.1 Å². The summed E-state index contributed by atoms with van der Waals surface area (Å²) in [5.74, 6) is 4.00. The van der Waals surface area contributed by atoms with Gasteiger partial charge >= 0.3 is 5.97 Å². The highest BCUT2D eigenvalue weighted by atomic mass is 32.2. The van der Waals surface area contributed by atoms with Crippen molar-refractivity contribution in [3.05, 3.63) is 41.6 Å². The molecule has 0 radical (unpaired) electrons. The molecule has 58 heavy (non-hydrogen) atoms. The zero-order valence-electron chi connectivity index (χ0n) is 36.7. The van der Waals surface area contributed by atoms with E-state index in [0.29, 0.717) is 79.5 Å². The molecule has 0 bridgehead atoms. The normalized spacial score (nSPS) is 41.8. The Morgan fingerprint density at radius 3 is 2.41 bits per heavy atom. The first-order chi connectivity index (χ1) is 27.4. The molecule has 10 atom stereocenters. The van der Waals surface area contributed by atoms with Gasteiger partial charge in [-0.3, -0.25) is 4.79 Å². The summed E-state index contributed by atoms with van der Waals surface area (Å²) in [5, 5.41) is 4.23. The predicted octanol–water partition coefficient (Wildman–Crippen LogP) is 8.84. The summed E-state index contributed by atoms with van der Waals surface area (Å²) >= 11 is 1.11. The second-order valence-electron chi connectivity index (χ2n) is 21.3. The predicted molar refractivity (Wildman–Crippen MR) is 232 cm³/mol. The molecule has 9 nitrogen and oxygen atoms in total. The summed E-state index contributed by atoms with van der Waals surface area (Å²) in [6.45, 7) is 25.8. The van der Waals surface area contributed by atoms with Crippen LogP contribution in [0.2, 0.25) is 0 Å². The van der Waals surface area contributed by atoms with Gasteiger partial charge in [-0.1, -0.05) is 58.9 Å². The summed E-state index contributed by atoms with van der Waals surface area (Å²) in [6.07, 6.45) is 20.0. The van der Waals surface area contributed by atoms with E-state index in [1.54, 1.807) is 6.20 Å². The number of carbonyl (C=O) groups excluding carboxylic acids is 1. The van der Waals surface area contributed by atoms with Gasteiger partial charge in [-0.05, 0) is 153 Å². The SMILES string of the molecule is C=C(C)[C@@H]1CC[C@]2(NCCN3CCS(=O)(=O)CC3)CC[C@]3(C)[C@@H](CCC4[C@@]5(C)CC=C(C6=CCC(COc7cnsn7)(C(=O)OCC)CC6)C(C)(C)C5CC[C@]43C)C12. The number of rotatable bonds is 11. The van der Waals surface area contributed by atoms with Crippen LogP contribution in [0.1, 0.15) is 126 Å². The molecule has 8 rings (SSSR count). The van der Waals surface area contributed by atoms with Crippen molar-refractivity contribution in [3.63, 3.8) is 0 Å². The molecule has 11 heteroatoms. The first-order valence-electron chi connectivity index (χ1n) is 22.7. The number of fused-ring (bicyclic) bond motifs is 7. The molecule has 7 aliphatic rings. The lowest BCUT2D eigenvalue weighted by Crippen LogP contribution is -2.68. The van der Waals surface area contributed by atoms with Gasteiger partial charge in [0.2, 0.25) is 5.88 Å². The molecule has 2 heterocycles. The van der Waals surface area contributed by atoms with Crippen molar-refractivity contribution in [1.29, 1.82) is 0 Å². The fraction of sp³-hybridized carbons (Fsp3) is 0.809. The summed E-state index contributed by atoms with van der Waals surface area (Å²) in [5.41, 5.74) is 4.53. The molecule has 4 saturated carbocycles. The molecular formula is C47H72N4O5S2. The maximum absolute atomic E-state index is 13.5. The molecule has 1 aromatic rings. The minimum Gasteiger partial charge on any atom is -0.475 e. The maximum atomic E-state index is 13.5. The Morgan fingerprint density at radius 1 is 0.966 bits per heavy atom. The molecule has 322 valence electrons. The summed E-state index contributed by atoms with van der Waals surface area (Å²) in [4.78, 5) is 15.8. The Morgan fingerprint density at radius 2 is 1.74 bits per heavy atom. The number of hydrogen-bond donors (Lipinski definition) is 1. The molecule has 6 aliphatic carbocycles. The van der Waals surface area contributed by atoms with E-state index in [1.807, 2.05) is 6.92 Å². The van der Waals surface area contributed by atoms with Gasteiger partial charge in [0.1, 0.15) is 18.2 Å². The van der Waals surface area contributed by atoms with Crippen molar-refractivity contribution < 1.29 is 22.7 Å². The first kappa shape index (κ1) is 42.6. The highest BCUT2D eigenvalue weighted by Gasteiger charge is 2.70. The Hall–Kier alpha value is -2.08. The highest BCUT2D eigenvalue weighted by Crippen LogP contribution is 2.76. The molecule has 0 amide bonds. The zero-order chi connectivity index (χ0) is 41.4. The molecule has 5 fully saturated rings. The lowest BCUT2D eigenvalue weighted by molar-refractivity contribution is -0.221. The molecule has 1 aromatic heterocycles.